The molecule has 0 spiro atoms. The molecule has 1 saturated heterocycles. The van der Waals surface area contributed by atoms with Crippen molar-refractivity contribution in [1.82, 2.24) is 5.32 Å². The van der Waals surface area contributed by atoms with Crippen molar-refractivity contribution in [2.45, 2.75) is 44.1 Å². The van der Waals surface area contributed by atoms with E-state index in [2.05, 4.69) is 61.7 Å². The van der Waals surface area contributed by atoms with Crippen molar-refractivity contribution in [1.29, 1.82) is 0 Å². The summed E-state index contributed by atoms with van der Waals surface area (Å²) in [6.45, 7) is 7.09. The lowest BCUT2D eigenvalue weighted by Crippen LogP contribution is -2.51. The second-order valence-corrected chi connectivity index (χ2v) is 13.3. The summed E-state index contributed by atoms with van der Waals surface area (Å²) in [5.41, 5.74) is 1.42. The largest absolute Gasteiger partial charge is 0.493 e. The molecule has 0 aromatic heterocycles. The Hall–Kier alpha value is -2.31. The highest BCUT2D eigenvalue weighted by Crippen LogP contribution is 2.50. The van der Waals surface area contributed by atoms with Gasteiger partial charge >= 0.3 is 5.97 Å². The number of rotatable bonds is 7. The molecule has 2 aromatic rings. The highest BCUT2D eigenvalue weighted by Gasteiger charge is 2.51. The van der Waals surface area contributed by atoms with Crippen LogP contribution in [0.15, 0.2) is 48.5 Å². The fourth-order valence-corrected chi connectivity index (χ4v) is 9.42. The van der Waals surface area contributed by atoms with E-state index >= 15 is 0 Å². The molecule has 0 bridgehead atoms. The number of methoxy groups -OCH3 is 3. The number of benzene rings is 2. The van der Waals surface area contributed by atoms with Crippen LogP contribution in [-0.4, -0.2) is 41.4 Å². The van der Waals surface area contributed by atoms with Crippen LogP contribution in [0.2, 0.25) is 18.6 Å². The van der Waals surface area contributed by atoms with E-state index in [9.17, 15) is 4.79 Å². The Balaban J connectivity index is 2.05. The normalized spacial score (nSPS) is 23.8. The van der Waals surface area contributed by atoms with Gasteiger partial charge in [-0.2, -0.15) is 0 Å². The van der Waals surface area contributed by atoms with E-state index in [-0.39, 0.29) is 18.1 Å². The van der Waals surface area contributed by atoms with E-state index in [1.165, 1.54) is 12.3 Å². The van der Waals surface area contributed by atoms with Crippen molar-refractivity contribution < 1.29 is 19.0 Å². The molecule has 1 N–H and O–H groups in total. The summed E-state index contributed by atoms with van der Waals surface area (Å²) in [5, 5.41) is 5.17. The zero-order valence-corrected chi connectivity index (χ0v) is 19.8. The van der Waals surface area contributed by atoms with Gasteiger partial charge in [-0.15, -0.1) is 0 Å². The molecule has 162 valence electrons. The van der Waals surface area contributed by atoms with Crippen LogP contribution in [-0.2, 0) is 9.53 Å². The molecule has 0 unspecified atom stereocenters. The van der Waals surface area contributed by atoms with E-state index < -0.39 is 8.07 Å². The molecule has 1 aliphatic rings. The van der Waals surface area contributed by atoms with Gasteiger partial charge in [-0.1, -0.05) is 67.7 Å². The molecule has 4 atom stereocenters. The maximum atomic E-state index is 12.3. The Bertz CT molecular complexity index is 871. The monoisotopic (exact) mass is 427 g/mol. The molecular weight excluding hydrogens is 394 g/mol. The summed E-state index contributed by atoms with van der Waals surface area (Å²) < 4.78 is 16.3. The highest BCUT2D eigenvalue weighted by atomic mass is 28.3. The highest BCUT2D eigenvalue weighted by molar-refractivity contribution is 6.91. The maximum Gasteiger partial charge on any atom is 0.307 e. The first kappa shape index (κ1) is 22.4. The zero-order valence-electron chi connectivity index (χ0n) is 18.8. The van der Waals surface area contributed by atoms with Crippen LogP contribution in [0.1, 0.15) is 24.9 Å². The molecular formula is C24H33NO4Si. The third kappa shape index (κ3) is 4.11. The first-order chi connectivity index (χ1) is 14.3. The van der Waals surface area contributed by atoms with Gasteiger partial charge in [0.1, 0.15) is 0 Å². The molecule has 5 nitrogen and oxygen atoms in total. The Morgan fingerprint density at radius 1 is 1.00 bits per heavy atom. The summed E-state index contributed by atoms with van der Waals surface area (Å²) in [6.07, 6.45) is 0.359. The first-order valence-corrected chi connectivity index (χ1v) is 13.5. The predicted octanol–water partition coefficient (Wildman–Crippen LogP) is 3.90. The van der Waals surface area contributed by atoms with Gasteiger partial charge in [0.05, 0.1) is 35.8 Å². The third-order valence-electron chi connectivity index (χ3n) is 6.65. The number of carbonyl (C=O) groups is 1. The summed E-state index contributed by atoms with van der Waals surface area (Å²) in [7, 11) is 2.87. The van der Waals surface area contributed by atoms with Gasteiger partial charge in [0.2, 0.25) is 0 Å². The first-order valence-electron chi connectivity index (χ1n) is 10.4. The van der Waals surface area contributed by atoms with Gasteiger partial charge in [0, 0.05) is 17.6 Å². The van der Waals surface area contributed by atoms with Gasteiger partial charge in [-0.25, -0.2) is 0 Å². The van der Waals surface area contributed by atoms with E-state index in [1.807, 2.05) is 12.1 Å². The van der Waals surface area contributed by atoms with Gasteiger partial charge < -0.3 is 19.5 Å². The van der Waals surface area contributed by atoms with E-state index in [4.69, 9.17) is 14.2 Å². The van der Waals surface area contributed by atoms with Crippen molar-refractivity contribution >= 4 is 19.2 Å². The summed E-state index contributed by atoms with van der Waals surface area (Å²) in [5.74, 6) is 1.60. The number of nitrogens with one attached hydrogen (secondary N) is 1. The van der Waals surface area contributed by atoms with Crippen LogP contribution in [0.3, 0.4) is 0 Å². The second kappa shape index (κ2) is 9.23. The molecule has 0 saturated carbocycles. The summed E-state index contributed by atoms with van der Waals surface area (Å²) >= 11 is 0. The van der Waals surface area contributed by atoms with Crippen LogP contribution in [0, 0.1) is 5.92 Å². The number of esters is 1. The fourth-order valence-electron chi connectivity index (χ4n) is 5.26. The third-order valence-corrected chi connectivity index (χ3v) is 11.1. The second-order valence-electron chi connectivity index (χ2n) is 8.59. The van der Waals surface area contributed by atoms with Crippen LogP contribution in [0.4, 0.5) is 0 Å². The standard InChI is InChI=1S/C24H33NO4Si/c1-16-22(18-13-10-14-20(27-2)23(18)29-4)25-19(15-21(26)28-3)24(16)30(5,6)17-11-8-7-9-12-17/h7-14,16,19,22,24-25H,15H2,1-6H3/t16-,19-,22-,24+/m1/s1. The fraction of sp³-hybridized carbons (Fsp3) is 0.458. The van der Waals surface area contributed by atoms with Crippen LogP contribution in [0.25, 0.3) is 0 Å². The minimum atomic E-state index is -1.92. The molecule has 1 fully saturated rings. The minimum Gasteiger partial charge on any atom is -0.493 e. The number of hydrogen-bond donors (Lipinski definition) is 1. The molecule has 0 radical (unpaired) electrons. The Morgan fingerprint density at radius 2 is 1.70 bits per heavy atom. The maximum absolute atomic E-state index is 12.3. The quantitative estimate of drug-likeness (QED) is 0.536. The number of carbonyl (C=O) groups excluding carboxylic acids is 1. The topological polar surface area (TPSA) is 56.8 Å². The summed E-state index contributed by atoms with van der Waals surface area (Å²) in [4.78, 5) is 12.3. The molecule has 6 heteroatoms. The number of para-hydroxylation sites is 1. The van der Waals surface area contributed by atoms with E-state index in [0.29, 0.717) is 17.9 Å². The van der Waals surface area contributed by atoms with Gasteiger partial charge in [-0.3, -0.25) is 4.79 Å². The smallest absolute Gasteiger partial charge is 0.307 e. The summed E-state index contributed by atoms with van der Waals surface area (Å²) in [6, 6.07) is 16.8. The molecule has 0 aliphatic carbocycles. The minimum absolute atomic E-state index is 0.0372. The zero-order chi connectivity index (χ0) is 21.9. The van der Waals surface area contributed by atoms with Crippen molar-refractivity contribution in [2.24, 2.45) is 5.92 Å². The van der Waals surface area contributed by atoms with Crippen molar-refractivity contribution in [2.75, 3.05) is 21.3 Å². The number of ether oxygens (including phenoxy) is 3. The van der Waals surface area contributed by atoms with Crippen LogP contribution in [0.5, 0.6) is 11.5 Å². The predicted molar refractivity (Wildman–Crippen MR) is 122 cm³/mol. The lowest BCUT2D eigenvalue weighted by Gasteiger charge is -2.36. The van der Waals surface area contributed by atoms with E-state index in [1.54, 1.807) is 14.2 Å². The van der Waals surface area contributed by atoms with Crippen LogP contribution >= 0.6 is 0 Å². The Labute approximate surface area is 180 Å². The molecule has 3 rings (SSSR count). The van der Waals surface area contributed by atoms with Crippen LogP contribution < -0.4 is 20.0 Å². The molecule has 1 heterocycles. The van der Waals surface area contributed by atoms with Crippen molar-refractivity contribution in [3.05, 3.63) is 54.1 Å². The number of hydrogen-bond acceptors (Lipinski definition) is 5. The van der Waals surface area contributed by atoms with Crippen molar-refractivity contribution in [3.63, 3.8) is 0 Å². The SMILES string of the molecule is COC(=O)C[C@H]1N[C@@H](c2cccc(OC)c2OC)[C@@H](C)[C@@H]1[Si](C)(C)c1ccccc1. The van der Waals surface area contributed by atoms with Crippen molar-refractivity contribution in [3.8, 4) is 11.5 Å². The molecule has 0 amide bonds. The lowest BCUT2D eigenvalue weighted by atomic mass is 9.93. The Morgan fingerprint density at radius 3 is 2.30 bits per heavy atom. The molecule has 30 heavy (non-hydrogen) atoms. The van der Waals surface area contributed by atoms with Gasteiger partial charge in [-0.05, 0) is 17.5 Å². The van der Waals surface area contributed by atoms with E-state index in [0.717, 1.165) is 17.1 Å². The average Bonchev–Trinajstić information content (AvgIpc) is 3.09. The van der Waals surface area contributed by atoms with Gasteiger partial charge in [0.25, 0.3) is 0 Å². The van der Waals surface area contributed by atoms with Gasteiger partial charge in [0.15, 0.2) is 11.5 Å². The lowest BCUT2D eigenvalue weighted by molar-refractivity contribution is -0.141. The average molecular weight is 428 g/mol. The molecule has 2 aromatic carbocycles. The molecule has 1 aliphatic heterocycles. The Kier molecular flexibility index (Phi) is 6.88.